The molecule has 2 aromatic rings. The van der Waals surface area contributed by atoms with Gasteiger partial charge in [0.25, 0.3) is 0 Å². The van der Waals surface area contributed by atoms with Crippen LogP contribution >= 0.6 is 17.0 Å². The minimum atomic E-state index is -0.469. The molecule has 2 unspecified atom stereocenters. The molecule has 25 heavy (non-hydrogen) atoms. The van der Waals surface area contributed by atoms with Crippen LogP contribution in [-0.4, -0.2) is 41.2 Å². The van der Waals surface area contributed by atoms with Gasteiger partial charge >= 0.3 is 0 Å². The van der Waals surface area contributed by atoms with Gasteiger partial charge in [-0.1, -0.05) is 13.3 Å². The van der Waals surface area contributed by atoms with E-state index >= 15 is 0 Å². The number of methoxy groups -OCH3 is 1. The standard InChI is InChI=1S/C20H26N2O2.BrH/c1-3-13-12-22-9-7-14(13)10-19(22)20(23)16-6-8-21-18-5-4-15(24-2)11-17(16)18;/h4-6,8,11,13-14,19-20,23H,3,7,9-10,12H2,1-2H3;1H/t13-,14-,19?,20+;/m0./s1. The Morgan fingerprint density at radius 1 is 1.36 bits per heavy atom. The number of fused-ring (bicyclic) bond motifs is 4. The van der Waals surface area contributed by atoms with Crippen molar-refractivity contribution < 1.29 is 9.84 Å². The third kappa shape index (κ3) is 3.29. The number of benzene rings is 1. The summed E-state index contributed by atoms with van der Waals surface area (Å²) in [7, 11) is 1.67. The third-order valence-corrected chi connectivity index (χ3v) is 6.13. The van der Waals surface area contributed by atoms with Crippen LogP contribution in [0.15, 0.2) is 30.5 Å². The molecule has 5 atom stereocenters. The predicted octanol–water partition coefficient (Wildman–Crippen LogP) is 3.98. The van der Waals surface area contributed by atoms with Crippen molar-refractivity contribution >= 4 is 27.9 Å². The van der Waals surface area contributed by atoms with Crippen molar-refractivity contribution in [2.75, 3.05) is 20.2 Å². The number of aliphatic hydroxyl groups excluding tert-OH is 1. The van der Waals surface area contributed by atoms with Gasteiger partial charge in [-0.3, -0.25) is 9.88 Å². The minimum Gasteiger partial charge on any atom is -0.497 e. The lowest BCUT2D eigenvalue weighted by molar-refractivity contribution is -0.0562. The summed E-state index contributed by atoms with van der Waals surface area (Å²) in [6, 6.07) is 8.07. The maximum absolute atomic E-state index is 11.2. The van der Waals surface area contributed by atoms with Crippen LogP contribution in [0.2, 0.25) is 0 Å². The van der Waals surface area contributed by atoms with E-state index in [4.69, 9.17) is 4.74 Å². The first-order valence-electron chi connectivity index (χ1n) is 9.06. The monoisotopic (exact) mass is 406 g/mol. The lowest BCUT2D eigenvalue weighted by atomic mass is 9.72. The number of halogens is 1. The van der Waals surface area contributed by atoms with E-state index in [0.717, 1.165) is 53.6 Å². The van der Waals surface area contributed by atoms with E-state index in [1.807, 2.05) is 24.3 Å². The van der Waals surface area contributed by atoms with Crippen molar-refractivity contribution in [3.63, 3.8) is 0 Å². The molecular weight excluding hydrogens is 380 g/mol. The molecule has 136 valence electrons. The lowest BCUT2D eigenvalue weighted by Crippen LogP contribution is -2.55. The van der Waals surface area contributed by atoms with Gasteiger partial charge in [-0.05, 0) is 61.1 Å². The average Bonchev–Trinajstić information content (AvgIpc) is 2.66. The number of hydrogen-bond acceptors (Lipinski definition) is 4. The second-order valence-corrected chi connectivity index (χ2v) is 7.24. The molecule has 5 heteroatoms. The minimum absolute atomic E-state index is 0. The summed E-state index contributed by atoms with van der Waals surface area (Å²) in [5.41, 5.74) is 1.89. The highest BCUT2D eigenvalue weighted by Crippen LogP contribution is 2.42. The molecular formula is C20H27BrN2O2. The molecule has 3 fully saturated rings. The predicted molar refractivity (Wildman–Crippen MR) is 105 cm³/mol. The Morgan fingerprint density at radius 2 is 2.20 bits per heavy atom. The smallest absolute Gasteiger partial charge is 0.119 e. The fourth-order valence-electron chi connectivity index (χ4n) is 4.71. The molecule has 1 aromatic heterocycles. The summed E-state index contributed by atoms with van der Waals surface area (Å²) in [5, 5.41) is 12.2. The van der Waals surface area contributed by atoms with Crippen LogP contribution in [0, 0.1) is 11.8 Å². The van der Waals surface area contributed by atoms with Gasteiger partial charge < -0.3 is 9.84 Å². The van der Waals surface area contributed by atoms with Crippen LogP contribution in [-0.2, 0) is 0 Å². The molecule has 3 saturated heterocycles. The Labute approximate surface area is 160 Å². The summed E-state index contributed by atoms with van der Waals surface area (Å²) >= 11 is 0. The van der Waals surface area contributed by atoms with Gasteiger partial charge in [0.15, 0.2) is 0 Å². The van der Waals surface area contributed by atoms with E-state index in [9.17, 15) is 5.11 Å². The normalized spacial score (nSPS) is 29.2. The van der Waals surface area contributed by atoms with E-state index in [1.165, 1.54) is 12.8 Å². The fourth-order valence-corrected chi connectivity index (χ4v) is 4.71. The topological polar surface area (TPSA) is 45.6 Å². The molecule has 5 rings (SSSR count). The van der Waals surface area contributed by atoms with Crippen molar-refractivity contribution in [1.82, 2.24) is 9.88 Å². The summed E-state index contributed by atoms with van der Waals surface area (Å²) in [6.45, 7) is 4.55. The highest BCUT2D eigenvalue weighted by atomic mass is 79.9. The molecule has 2 bridgehead atoms. The van der Waals surface area contributed by atoms with E-state index in [0.29, 0.717) is 0 Å². The largest absolute Gasteiger partial charge is 0.497 e. The van der Waals surface area contributed by atoms with E-state index in [1.54, 1.807) is 13.3 Å². The molecule has 0 amide bonds. The van der Waals surface area contributed by atoms with Crippen LogP contribution in [0.4, 0.5) is 0 Å². The summed E-state index contributed by atoms with van der Waals surface area (Å²) in [5.74, 6) is 2.37. The zero-order chi connectivity index (χ0) is 16.7. The van der Waals surface area contributed by atoms with E-state index in [-0.39, 0.29) is 23.0 Å². The quantitative estimate of drug-likeness (QED) is 0.833. The Kier molecular flexibility index (Phi) is 5.66. The first kappa shape index (κ1) is 18.6. The highest BCUT2D eigenvalue weighted by molar-refractivity contribution is 8.93. The number of rotatable bonds is 4. The maximum Gasteiger partial charge on any atom is 0.119 e. The Bertz CT molecular complexity index is 739. The van der Waals surface area contributed by atoms with Crippen molar-refractivity contribution in [2.45, 2.75) is 38.3 Å². The van der Waals surface area contributed by atoms with Gasteiger partial charge in [0, 0.05) is 24.2 Å². The van der Waals surface area contributed by atoms with Crippen LogP contribution in [0.5, 0.6) is 5.75 Å². The molecule has 3 aliphatic rings. The molecule has 0 spiro atoms. The van der Waals surface area contributed by atoms with Crippen molar-refractivity contribution in [1.29, 1.82) is 0 Å². The third-order valence-electron chi connectivity index (χ3n) is 6.13. The van der Waals surface area contributed by atoms with Crippen LogP contribution < -0.4 is 4.74 Å². The average molecular weight is 407 g/mol. The van der Waals surface area contributed by atoms with Gasteiger partial charge in [0.1, 0.15) is 5.75 Å². The van der Waals surface area contributed by atoms with Crippen molar-refractivity contribution in [3.05, 3.63) is 36.0 Å². The van der Waals surface area contributed by atoms with E-state index < -0.39 is 6.10 Å². The fraction of sp³-hybridized carbons (Fsp3) is 0.550. The number of aromatic nitrogens is 1. The first-order valence-corrected chi connectivity index (χ1v) is 9.06. The van der Waals surface area contributed by atoms with Gasteiger partial charge in [0.05, 0.1) is 18.7 Å². The molecule has 0 radical (unpaired) electrons. The van der Waals surface area contributed by atoms with Gasteiger partial charge in [0.2, 0.25) is 0 Å². The highest BCUT2D eigenvalue weighted by Gasteiger charge is 2.42. The first-order chi connectivity index (χ1) is 11.7. The zero-order valence-corrected chi connectivity index (χ0v) is 16.6. The molecule has 4 heterocycles. The lowest BCUT2D eigenvalue weighted by Gasteiger charge is -2.51. The molecule has 4 nitrogen and oxygen atoms in total. The molecule has 1 aromatic carbocycles. The SMILES string of the molecule is Br.CC[C@H]1CN2CC[C@H]1CC2[C@H](O)c1ccnc2ccc(OC)cc12. The number of piperidine rings is 3. The van der Waals surface area contributed by atoms with Gasteiger partial charge in [-0.25, -0.2) is 0 Å². The van der Waals surface area contributed by atoms with Crippen LogP contribution in [0.1, 0.15) is 37.9 Å². The summed E-state index contributed by atoms with van der Waals surface area (Å²) < 4.78 is 5.36. The number of pyridine rings is 1. The number of hydrogen-bond donors (Lipinski definition) is 1. The molecule has 3 aliphatic heterocycles. The van der Waals surface area contributed by atoms with E-state index in [2.05, 4.69) is 16.8 Å². The van der Waals surface area contributed by atoms with Crippen LogP contribution in [0.3, 0.4) is 0 Å². The molecule has 1 N–H and O–H groups in total. The number of ether oxygens (including phenoxy) is 1. The Balaban J connectivity index is 0.00000182. The molecule has 0 saturated carbocycles. The second kappa shape index (κ2) is 7.60. The number of aliphatic hydroxyl groups is 1. The zero-order valence-electron chi connectivity index (χ0n) is 14.9. The maximum atomic E-state index is 11.2. The van der Waals surface area contributed by atoms with Gasteiger partial charge in [-0.15, -0.1) is 17.0 Å². The second-order valence-electron chi connectivity index (χ2n) is 7.24. The van der Waals surface area contributed by atoms with Crippen LogP contribution in [0.25, 0.3) is 10.9 Å². The van der Waals surface area contributed by atoms with Crippen molar-refractivity contribution in [3.8, 4) is 5.75 Å². The summed E-state index contributed by atoms with van der Waals surface area (Å²) in [6.07, 6.45) is 4.97. The van der Waals surface area contributed by atoms with Crippen molar-refractivity contribution in [2.24, 2.45) is 11.8 Å². The van der Waals surface area contributed by atoms with Gasteiger partial charge in [-0.2, -0.15) is 0 Å². The molecule has 0 aliphatic carbocycles. The summed E-state index contributed by atoms with van der Waals surface area (Å²) in [4.78, 5) is 6.94. The Morgan fingerprint density at radius 3 is 2.88 bits per heavy atom. The Hall–Kier alpha value is -1.17. The number of nitrogens with zero attached hydrogens (tertiary/aromatic N) is 2.